The second-order valence-corrected chi connectivity index (χ2v) is 4.31. The zero-order chi connectivity index (χ0) is 13.1. The highest BCUT2D eigenvalue weighted by molar-refractivity contribution is 6.21. The lowest BCUT2D eigenvalue weighted by atomic mass is 10.1. The molecule has 0 aliphatic carbocycles. The van der Waals surface area contributed by atoms with E-state index in [4.69, 9.17) is 0 Å². The Morgan fingerprint density at radius 2 is 1.78 bits per heavy atom. The van der Waals surface area contributed by atoms with Gasteiger partial charge in [-0.1, -0.05) is 36.4 Å². The lowest BCUT2D eigenvalue weighted by Gasteiger charge is -2.13. The number of benzene rings is 1. The van der Waals surface area contributed by atoms with Crippen molar-refractivity contribution in [2.24, 2.45) is 0 Å². The second kappa shape index (κ2) is 5.00. The molecule has 0 saturated carbocycles. The Kier molecular flexibility index (Phi) is 3.42. The number of amides is 2. The Labute approximate surface area is 106 Å². The molecule has 0 spiro atoms. The minimum Gasteiger partial charge on any atom is -0.274 e. The van der Waals surface area contributed by atoms with Crippen molar-refractivity contribution in [1.82, 2.24) is 4.90 Å². The van der Waals surface area contributed by atoms with E-state index in [1.807, 2.05) is 13.0 Å². The standard InChI is InChI=1S/C15H15NO2/c1-3-6-11(2)9-10-16-14(17)12-7-4-5-8-13(12)15(16)18/h3-8H,1,9-10H2,2H3/b11-6+. The molecule has 1 aliphatic heterocycles. The quantitative estimate of drug-likeness (QED) is 0.600. The Morgan fingerprint density at radius 1 is 1.22 bits per heavy atom. The van der Waals surface area contributed by atoms with E-state index in [1.54, 1.807) is 30.3 Å². The molecular formula is C15H15NO2. The molecule has 1 aliphatic rings. The number of nitrogens with zero attached hydrogens (tertiary/aromatic N) is 1. The van der Waals surface area contributed by atoms with Gasteiger partial charge in [-0.05, 0) is 25.5 Å². The number of hydrogen-bond donors (Lipinski definition) is 0. The van der Waals surface area contributed by atoms with Crippen LogP contribution in [0.2, 0.25) is 0 Å². The summed E-state index contributed by atoms with van der Waals surface area (Å²) in [5.41, 5.74) is 2.11. The number of allylic oxidation sites excluding steroid dienone is 2. The number of fused-ring (bicyclic) bond motifs is 1. The predicted molar refractivity (Wildman–Crippen MR) is 70.4 cm³/mol. The van der Waals surface area contributed by atoms with E-state index < -0.39 is 0 Å². The Bertz CT molecular complexity index is 508. The van der Waals surface area contributed by atoms with Gasteiger partial charge in [-0.3, -0.25) is 14.5 Å². The summed E-state index contributed by atoms with van der Waals surface area (Å²) >= 11 is 0. The van der Waals surface area contributed by atoms with Crippen molar-refractivity contribution in [1.29, 1.82) is 0 Å². The van der Waals surface area contributed by atoms with E-state index >= 15 is 0 Å². The van der Waals surface area contributed by atoms with E-state index in [9.17, 15) is 9.59 Å². The topological polar surface area (TPSA) is 37.4 Å². The summed E-state index contributed by atoms with van der Waals surface area (Å²) in [6.07, 6.45) is 4.27. The van der Waals surface area contributed by atoms with Crippen molar-refractivity contribution < 1.29 is 9.59 Å². The molecular weight excluding hydrogens is 226 g/mol. The van der Waals surface area contributed by atoms with Crippen LogP contribution in [0.3, 0.4) is 0 Å². The first kappa shape index (κ1) is 12.3. The maximum Gasteiger partial charge on any atom is 0.261 e. The fourth-order valence-electron chi connectivity index (χ4n) is 2.01. The summed E-state index contributed by atoms with van der Waals surface area (Å²) in [6.45, 7) is 6.00. The highest BCUT2D eigenvalue weighted by Crippen LogP contribution is 2.22. The molecule has 0 aromatic heterocycles. The summed E-state index contributed by atoms with van der Waals surface area (Å²) in [4.78, 5) is 25.4. The van der Waals surface area contributed by atoms with Crippen molar-refractivity contribution >= 4 is 11.8 Å². The Hall–Kier alpha value is -2.16. The summed E-state index contributed by atoms with van der Waals surface area (Å²) in [5, 5.41) is 0. The van der Waals surface area contributed by atoms with Gasteiger partial charge in [0.25, 0.3) is 11.8 Å². The van der Waals surface area contributed by atoms with E-state index in [0.717, 1.165) is 5.57 Å². The van der Waals surface area contributed by atoms with Gasteiger partial charge in [0, 0.05) is 6.54 Å². The molecule has 3 nitrogen and oxygen atoms in total. The van der Waals surface area contributed by atoms with Crippen molar-refractivity contribution in [3.05, 3.63) is 59.7 Å². The smallest absolute Gasteiger partial charge is 0.261 e. The molecule has 0 fully saturated rings. The summed E-state index contributed by atoms with van der Waals surface area (Å²) in [7, 11) is 0. The van der Waals surface area contributed by atoms with Crippen LogP contribution in [0.15, 0.2) is 48.6 Å². The normalized spacial score (nSPS) is 14.9. The Balaban J connectivity index is 2.14. The molecule has 18 heavy (non-hydrogen) atoms. The van der Waals surface area contributed by atoms with E-state index in [2.05, 4.69) is 6.58 Å². The molecule has 0 bridgehead atoms. The average Bonchev–Trinajstić information content (AvgIpc) is 2.61. The van der Waals surface area contributed by atoms with Gasteiger partial charge in [-0.25, -0.2) is 0 Å². The first-order valence-corrected chi connectivity index (χ1v) is 5.88. The lowest BCUT2D eigenvalue weighted by molar-refractivity contribution is 0.0656. The predicted octanol–water partition coefficient (Wildman–Crippen LogP) is 2.81. The maximum absolute atomic E-state index is 12.0. The van der Waals surface area contributed by atoms with E-state index in [0.29, 0.717) is 24.1 Å². The zero-order valence-corrected chi connectivity index (χ0v) is 10.3. The molecule has 3 heteroatoms. The van der Waals surface area contributed by atoms with Crippen LogP contribution in [0.25, 0.3) is 0 Å². The largest absolute Gasteiger partial charge is 0.274 e. The van der Waals surface area contributed by atoms with E-state index in [-0.39, 0.29) is 11.8 Å². The molecule has 0 radical (unpaired) electrons. The molecule has 0 atom stereocenters. The van der Waals surface area contributed by atoms with Crippen LogP contribution in [0.5, 0.6) is 0 Å². The third-order valence-electron chi connectivity index (χ3n) is 3.01. The van der Waals surface area contributed by atoms with Crippen molar-refractivity contribution in [3.8, 4) is 0 Å². The molecule has 2 amide bonds. The van der Waals surface area contributed by atoms with Gasteiger partial charge < -0.3 is 0 Å². The van der Waals surface area contributed by atoms with Crippen LogP contribution in [0.4, 0.5) is 0 Å². The number of rotatable bonds is 4. The minimum atomic E-state index is -0.193. The molecule has 1 heterocycles. The van der Waals surface area contributed by atoms with Crippen LogP contribution in [-0.4, -0.2) is 23.3 Å². The molecule has 0 saturated heterocycles. The maximum atomic E-state index is 12.0. The molecule has 1 aromatic rings. The summed E-state index contributed by atoms with van der Waals surface area (Å²) < 4.78 is 0. The number of carbonyl (C=O) groups is 2. The van der Waals surface area contributed by atoms with Gasteiger partial charge in [-0.15, -0.1) is 0 Å². The Morgan fingerprint density at radius 3 is 2.28 bits per heavy atom. The van der Waals surface area contributed by atoms with Crippen molar-refractivity contribution in [2.45, 2.75) is 13.3 Å². The lowest BCUT2D eigenvalue weighted by Crippen LogP contribution is -2.30. The van der Waals surface area contributed by atoms with Gasteiger partial charge in [0.2, 0.25) is 0 Å². The van der Waals surface area contributed by atoms with Crippen LogP contribution < -0.4 is 0 Å². The second-order valence-electron chi connectivity index (χ2n) is 4.31. The number of hydrogen-bond acceptors (Lipinski definition) is 2. The molecule has 0 unspecified atom stereocenters. The fraction of sp³-hybridized carbons (Fsp3) is 0.200. The molecule has 0 N–H and O–H groups in total. The monoisotopic (exact) mass is 241 g/mol. The molecule has 2 rings (SSSR count). The number of carbonyl (C=O) groups excluding carboxylic acids is 2. The van der Waals surface area contributed by atoms with Gasteiger partial charge in [-0.2, -0.15) is 0 Å². The van der Waals surface area contributed by atoms with E-state index in [1.165, 1.54) is 4.90 Å². The van der Waals surface area contributed by atoms with Gasteiger partial charge in [0.1, 0.15) is 0 Å². The summed E-state index contributed by atoms with van der Waals surface area (Å²) in [6, 6.07) is 6.94. The first-order valence-electron chi connectivity index (χ1n) is 5.88. The van der Waals surface area contributed by atoms with Crippen molar-refractivity contribution in [3.63, 3.8) is 0 Å². The van der Waals surface area contributed by atoms with Crippen LogP contribution in [-0.2, 0) is 0 Å². The number of imide groups is 1. The van der Waals surface area contributed by atoms with Gasteiger partial charge in [0.05, 0.1) is 11.1 Å². The minimum absolute atomic E-state index is 0.193. The molecule has 92 valence electrons. The third-order valence-corrected chi connectivity index (χ3v) is 3.01. The third kappa shape index (κ3) is 2.12. The first-order chi connectivity index (χ1) is 8.65. The summed E-state index contributed by atoms with van der Waals surface area (Å²) in [5.74, 6) is -0.385. The average molecular weight is 241 g/mol. The SMILES string of the molecule is C=C/C=C(\C)CCN1C(=O)c2ccccc2C1=O. The van der Waals surface area contributed by atoms with Gasteiger partial charge >= 0.3 is 0 Å². The highest BCUT2D eigenvalue weighted by atomic mass is 16.2. The zero-order valence-electron chi connectivity index (χ0n) is 10.3. The fourth-order valence-corrected chi connectivity index (χ4v) is 2.01. The van der Waals surface area contributed by atoms with Crippen molar-refractivity contribution in [2.75, 3.05) is 6.54 Å². The highest BCUT2D eigenvalue weighted by Gasteiger charge is 2.34. The van der Waals surface area contributed by atoms with Crippen LogP contribution in [0.1, 0.15) is 34.1 Å². The molecule has 1 aromatic carbocycles. The van der Waals surface area contributed by atoms with Gasteiger partial charge in [0.15, 0.2) is 0 Å². The van der Waals surface area contributed by atoms with Crippen LogP contribution >= 0.6 is 0 Å². The van der Waals surface area contributed by atoms with Crippen LogP contribution in [0, 0.1) is 0 Å².